The molecule has 0 aliphatic heterocycles. The van der Waals surface area contributed by atoms with Crippen LogP contribution in [-0.4, -0.2) is 12.4 Å². The van der Waals surface area contributed by atoms with Crippen molar-refractivity contribution in [3.8, 4) is 5.75 Å². The monoisotopic (exact) mass is 240 g/mol. The van der Waals surface area contributed by atoms with Gasteiger partial charge in [-0.15, -0.1) is 0 Å². The lowest BCUT2D eigenvalue weighted by Gasteiger charge is -2.12. The highest BCUT2D eigenvalue weighted by Gasteiger charge is 2.07. The molecule has 0 heterocycles. The first-order valence-electron chi connectivity index (χ1n) is 5.39. The lowest BCUT2D eigenvalue weighted by atomic mass is 10.0. The second-order valence-corrected chi connectivity index (χ2v) is 4.78. The Bertz CT molecular complexity index is 372. The normalized spacial score (nSPS) is 10.6. The van der Waals surface area contributed by atoms with Crippen LogP contribution in [0, 0.1) is 5.92 Å². The number of hydrogen-bond donors (Lipinski definition) is 0. The van der Waals surface area contributed by atoms with Crippen LogP contribution in [0.25, 0.3) is 0 Å². The average Bonchev–Trinajstić information content (AvgIpc) is 2.15. The summed E-state index contributed by atoms with van der Waals surface area (Å²) in [5.41, 5.74) is 1.06. The molecule has 0 N–H and O–H groups in total. The molecular weight excluding hydrogens is 224 g/mol. The van der Waals surface area contributed by atoms with E-state index >= 15 is 0 Å². The average molecular weight is 241 g/mol. The number of ketones is 1. The number of carbonyl (C=O) groups excluding carboxylic acids is 1. The predicted molar refractivity (Wildman–Crippen MR) is 66.2 cm³/mol. The third kappa shape index (κ3) is 4.23. The number of halogens is 1. The van der Waals surface area contributed by atoms with Gasteiger partial charge in [-0.3, -0.25) is 4.79 Å². The Balaban J connectivity index is 2.84. The summed E-state index contributed by atoms with van der Waals surface area (Å²) in [6.45, 7) is 5.90. The summed E-state index contributed by atoms with van der Waals surface area (Å²) in [6.07, 6.45) is 0.897. The van der Waals surface area contributed by atoms with Gasteiger partial charge in [0.05, 0.1) is 0 Å². The molecule has 16 heavy (non-hydrogen) atoms. The van der Waals surface area contributed by atoms with E-state index in [1.54, 1.807) is 6.07 Å². The summed E-state index contributed by atoms with van der Waals surface area (Å²) in [4.78, 5) is 10.9. The topological polar surface area (TPSA) is 26.3 Å². The van der Waals surface area contributed by atoms with Gasteiger partial charge in [0.25, 0.3) is 0 Å². The van der Waals surface area contributed by atoms with E-state index in [1.807, 2.05) is 12.1 Å². The van der Waals surface area contributed by atoms with E-state index < -0.39 is 0 Å². The van der Waals surface area contributed by atoms with Gasteiger partial charge >= 0.3 is 0 Å². The molecule has 88 valence electrons. The third-order valence-corrected chi connectivity index (χ3v) is 2.32. The molecule has 1 aromatic rings. The summed E-state index contributed by atoms with van der Waals surface area (Å²) < 4.78 is 5.45. The van der Waals surface area contributed by atoms with Gasteiger partial charge in [0.1, 0.15) is 12.4 Å². The first-order valence-corrected chi connectivity index (χ1v) is 5.77. The SMILES string of the molecule is CC(=O)COc1ccc(Cl)cc1CC(C)C. The van der Waals surface area contributed by atoms with Crippen LogP contribution in [0.1, 0.15) is 26.3 Å². The lowest BCUT2D eigenvalue weighted by Crippen LogP contribution is -2.08. The summed E-state index contributed by atoms with van der Waals surface area (Å²) in [7, 11) is 0. The smallest absolute Gasteiger partial charge is 0.167 e. The fraction of sp³-hybridized carbons (Fsp3) is 0.462. The number of ether oxygens (including phenoxy) is 1. The van der Waals surface area contributed by atoms with Crippen LogP contribution in [0.4, 0.5) is 0 Å². The molecule has 0 saturated carbocycles. The van der Waals surface area contributed by atoms with Crippen molar-refractivity contribution in [2.24, 2.45) is 5.92 Å². The van der Waals surface area contributed by atoms with Crippen molar-refractivity contribution < 1.29 is 9.53 Å². The van der Waals surface area contributed by atoms with Crippen LogP contribution in [0.15, 0.2) is 18.2 Å². The Morgan fingerprint density at radius 2 is 2.12 bits per heavy atom. The standard InChI is InChI=1S/C13H17ClO2/c1-9(2)6-11-7-12(14)4-5-13(11)16-8-10(3)15/h4-5,7,9H,6,8H2,1-3H3. The van der Waals surface area contributed by atoms with Gasteiger partial charge in [0, 0.05) is 5.02 Å². The molecule has 0 saturated heterocycles. The van der Waals surface area contributed by atoms with E-state index in [9.17, 15) is 4.79 Å². The van der Waals surface area contributed by atoms with Crippen LogP contribution in [0.5, 0.6) is 5.75 Å². The zero-order valence-corrected chi connectivity index (χ0v) is 10.7. The molecular formula is C13H17ClO2. The molecule has 0 radical (unpaired) electrons. The predicted octanol–water partition coefficient (Wildman–Crippen LogP) is 3.51. The Hall–Kier alpha value is -1.02. The van der Waals surface area contributed by atoms with Crippen LogP contribution < -0.4 is 4.74 Å². The zero-order valence-electron chi connectivity index (χ0n) is 9.92. The van der Waals surface area contributed by atoms with Gasteiger partial charge in [0.2, 0.25) is 0 Å². The van der Waals surface area contributed by atoms with Gasteiger partial charge < -0.3 is 4.74 Å². The lowest BCUT2D eigenvalue weighted by molar-refractivity contribution is -0.118. The molecule has 0 unspecified atom stereocenters. The molecule has 0 spiro atoms. The Labute approximate surface area is 102 Å². The first kappa shape index (κ1) is 13.0. The Morgan fingerprint density at radius 3 is 2.69 bits per heavy atom. The van der Waals surface area contributed by atoms with Gasteiger partial charge in [-0.1, -0.05) is 25.4 Å². The molecule has 1 rings (SSSR count). The minimum atomic E-state index is 0.0189. The number of benzene rings is 1. The molecule has 1 aromatic carbocycles. The van der Waals surface area contributed by atoms with Crippen LogP contribution in [0.2, 0.25) is 5.02 Å². The number of carbonyl (C=O) groups is 1. The quantitative estimate of drug-likeness (QED) is 0.787. The third-order valence-electron chi connectivity index (χ3n) is 2.08. The highest BCUT2D eigenvalue weighted by molar-refractivity contribution is 6.30. The van der Waals surface area contributed by atoms with Crippen molar-refractivity contribution >= 4 is 17.4 Å². The highest BCUT2D eigenvalue weighted by atomic mass is 35.5. The molecule has 0 aliphatic carbocycles. The summed E-state index contributed by atoms with van der Waals surface area (Å²) in [5, 5.41) is 0.700. The van der Waals surface area contributed by atoms with Crippen molar-refractivity contribution in [1.82, 2.24) is 0 Å². The largest absolute Gasteiger partial charge is 0.486 e. The van der Waals surface area contributed by atoms with E-state index in [0.29, 0.717) is 10.9 Å². The van der Waals surface area contributed by atoms with Gasteiger partial charge in [-0.25, -0.2) is 0 Å². The molecule has 0 bridgehead atoms. The summed E-state index contributed by atoms with van der Waals surface area (Å²) in [5.74, 6) is 1.30. The minimum absolute atomic E-state index is 0.0189. The maximum atomic E-state index is 10.9. The van der Waals surface area contributed by atoms with E-state index in [2.05, 4.69) is 13.8 Å². The number of hydrogen-bond acceptors (Lipinski definition) is 2. The van der Waals surface area contributed by atoms with Crippen LogP contribution in [0.3, 0.4) is 0 Å². The van der Waals surface area contributed by atoms with E-state index in [4.69, 9.17) is 16.3 Å². The van der Waals surface area contributed by atoms with Crippen molar-refractivity contribution in [3.05, 3.63) is 28.8 Å². The number of rotatable bonds is 5. The fourth-order valence-corrected chi connectivity index (χ4v) is 1.66. The van der Waals surface area contributed by atoms with Gasteiger partial charge in [-0.2, -0.15) is 0 Å². The molecule has 0 atom stereocenters. The number of Topliss-reactive ketones (excluding diaryl/α,β-unsaturated/α-hetero) is 1. The van der Waals surface area contributed by atoms with E-state index in [1.165, 1.54) is 6.92 Å². The maximum Gasteiger partial charge on any atom is 0.167 e. The zero-order chi connectivity index (χ0) is 12.1. The first-order chi connectivity index (χ1) is 7.49. The Morgan fingerprint density at radius 1 is 1.44 bits per heavy atom. The van der Waals surface area contributed by atoms with Gasteiger partial charge in [-0.05, 0) is 43.0 Å². The fourth-order valence-electron chi connectivity index (χ4n) is 1.47. The van der Waals surface area contributed by atoms with E-state index in [0.717, 1.165) is 17.7 Å². The maximum absolute atomic E-state index is 10.9. The molecule has 0 amide bonds. The van der Waals surface area contributed by atoms with Crippen molar-refractivity contribution in [2.75, 3.05) is 6.61 Å². The minimum Gasteiger partial charge on any atom is -0.486 e. The van der Waals surface area contributed by atoms with Crippen LogP contribution >= 0.6 is 11.6 Å². The molecule has 0 aromatic heterocycles. The second kappa shape index (κ2) is 5.90. The van der Waals surface area contributed by atoms with Crippen LogP contribution in [-0.2, 0) is 11.2 Å². The van der Waals surface area contributed by atoms with Crippen molar-refractivity contribution in [1.29, 1.82) is 0 Å². The van der Waals surface area contributed by atoms with Gasteiger partial charge in [0.15, 0.2) is 5.78 Å². The molecule has 2 nitrogen and oxygen atoms in total. The summed E-state index contributed by atoms with van der Waals surface area (Å²) >= 11 is 5.94. The molecule has 0 aliphatic rings. The Kier molecular flexibility index (Phi) is 4.81. The van der Waals surface area contributed by atoms with Crippen molar-refractivity contribution in [3.63, 3.8) is 0 Å². The van der Waals surface area contributed by atoms with E-state index in [-0.39, 0.29) is 12.4 Å². The molecule has 0 fully saturated rings. The molecule has 3 heteroatoms. The summed E-state index contributed by atoms with van der Waals surface area (Å²) in [6, 6.07) is 5.50. The highest BCUT2D eigenvalue weighted by Crippen LogP contribution is 2.25. The second-order valence-electron chi connectivity index (χ2n) is 4.34. The van der Waals surface area contributed by atoms with Crippen molar-refractivity contribution in [2.45, 2.75) is 27.2 Å².